The van der Waals surface area contributed by atoms with Gasteiger partial charge in [-0.25, -0.2) is 0 Å². The maximum Gasteiger partial charge on any atom is 0.310 e. The second-order valence-corrected chi connectivity index (χ2v) is 6.22. The van der Waals surface area contributed by atoms with Gasteiger partial charge in [-0.15, -0.1) is 0 Å². The van der Waals surface area contributed by atoms with Crippen molar-refractivity contribution in [2.24, 2.45) is 22.7 Å². The van der Waals surface area contributed by atoms with E-state index in [0.717, 1.165) is 25.7 Å². The smallest absolute Gasteiger partial charge is 0.310 e. The first-order chi connectivity index (χ1) is 10.5. The predicted octanol–water partition coefficient (Wildman–Crippen LogP) is 1.37. The highest BCUT2D eigenvalue weighted by Crippen LogP contribution is 2.24. The number of hydrogen-bond acceptors (Lipinski definition) is 4. The highest BCUT2D eigenvalue weighted by Gasteiger charge is 2.36. The van der Waals surface area contributed by atoms with E-state index in [-0.39, 0.29) is 17.8 Å². The van der Waals surface area contributed by atoms with Crippen LogP contribution in [0.4, 0.5) is 0 Å². The average Bonchev–Trinajstić information content (AvgIpc) is 2.86. The van der Waals surface area contributed by atoms with Crippen molar-refractivity contribution < 1.29 is 14.3 Å². The molecule has 0 amide bonds. The van der Waals surface area contributed by atoms with Crippen LogP contribution in [0.15, 0.2) is 4.99 Å². The molecule has 128 valence electrons. The van der Waals surface area contributed by atoms with E-state index < -0.39 is 0 Å². The van der Waals surface area contributed by atoms with Crippen LogP contribution in [0.2, 0.25) is 0 Å². The molecule has 1 fully saturated rings. The number of ether oxygens (including phenoxy) is 2. The zero-order valence-electron chi connectivity index (χ0n) is 14.6. The topological polar surface area (TPSA) is 63.2 Å². The molecule has 0 aliphatic carbocycles. The highest BCUT2D eigenvalue weighted by atomic mass is 16.5. The molecule has 2 atom stereocenters. The summed E-state index contributed by atoms with van der Waals surface area (Å²) in [6, 6.07) is 0. The number of methoxy groups -OCH3 is 1. The number of nitrogens with zero attached hydrogens (tertiary/aromatic N) is 2. The third-order valence-electron chi connectivity index (χ3n) is 3.70. The maximum absolute atomic E-state index is 11.8. The Hall–Kier alpha value is -1.30. The second kappa shape index (κ2) is 9.66. The van der Waals surface area contributed by atoms with E-state index in [0.29, 0.717) is 25.6 Å². The predicted molar refractivity (Wildman–Crippen MR) is 87.9 cm³/mol. The molecule has 1 aliphatic rings. The summed E-state index contributed by atoms with van der Waals surface area (Å²) in [5.74, 6) is 1.46. The van der Waals surface area contributed by atoms with E-state index >= 15 is 0 Å². The van der Waals surface area contributed by atoms with Gasteiger partial charge in [0.05, 0.1) is 26.2 Å². The molecule has 6 nitrogen and oxygen atoms in total. The van der Waals surface area contributed by atoms with Crippen LogP contribution < -0.4 is 5.32 Å². The number of carbonyl (C=O) groups is 1. The molecular weight excluding hydrogens is 282 g/mol. The molecule has 1 N–H and O–H groups in total. The summed E-state index contributed by atoms with van der Waals surface area (Å²) in [5.41, 5.74) is 0. The number of nitrogens with one attached hydrogen (secondary N) is 1. The van der Waals surface area contributed by atoms with Crippen LogP contribution in [0.5, 0.6) is 0 Å². The van der Waals surface area contributed by atoms with Gasteiger partial charge in [0.2, 0.25) is 0 Å². The fourth-order valence-electron chi connectivity index (χ4n) is 2.56. The summed E-state index contributed by atoms with van der Waals surface area (Å²) in [6.45, 7) is 12.7. The van der Waals surface area contributed by atoms with E-state index in [4.69, 9.17) is 9.47 Å². The normalized spacial score (nSPS) is 22.3. The Bertz CT molecular complexity index is 372. The summed E-state index contributed by atoms with van der Waals surface area (Å²) in [6.07, 6.45) is 0. The average molecular weight is 313 g/mol. The number of carbonyl (C=O) groups excluding carboxylic acids is 1. The molecule has 1 aliphatic heterocycles. The zero-order valence-corrected chi connectivity index (χ0v) is 14.6. The van der Waals surface area contributed by atoms with Crippen LogP contribution in [0.3, 0.4) is 0 Å². The molecule has 1 heterocycles. The van der Waals surface area contributed by atoms with E-state index in [9.17, 15) is 4.79 Å². The van der Waals surface area contributed by atoms with Crippen molar-refractivity contribution in [3.8, 4) is 0 Å². The monoisotopic (exact) mass is 313 g/mol. The SMILES string of the molecule is CCNC(=NCCOCC(C)C)N1CC(C)C(C(=O)OC)C1. The van der Waals surface area contributed by atoms with E-state index in [1.54, 1.807) is 0 Å². The van der Waals surface area contributed by atoms with Gasteiger partial charge < -0.3 is 19.7 Å². The van der Waals surface area contributed by atoms with Gasteiger partial charge in [0, 0.05) is 26.2 Å². The van der Waals surface area contributed by atoms with Gasteiger partial charge >= 0.3 is 5.97 Å². The number of esters is 1. The first-order valence-corrected chi connectivity index (χ1v) is 8.18. The van der Waals surface area contributed by atoms with Gasteiger partial charge in [-0.05, 0) is 18.8 Å². The van der Waals surface area contributed by atoms with E-state index in [2.05, 4.69) is 36.0 Å². The Balaban J connectivity index is 2.54. The van der Waals surface area contributed by atoms with Crippen molar-refractivity contribution >= 4 is 11.9 Å². The Labute approximate surface area is 134 Å². The standard InChI is InChI=1S/C16H31N3O3/c1-6-17-16(18-7-8-22-11-12(2)3)19-9-13(4)14(10-19)15(20)21-5/h12-14H,6-11H2,1-5H3,(H,17,18). The first kappa shape index (κ1) is 18.7. The van der Waals surface area contributed by atoms with E-state index in [1.807, 2.05) is 6.92 Å². The zero-order chi connectivity index (χ0) is 16.5. The number of likely N-dealkylation sites (tertiary alicyclic amines) is 1. The molecule has 2 unspecified atom stereocenters. The molecule has 0 aromatic rings. The van der Waals surface area contributed by atoms with Crippen LogP contribution in [-0.2, 0) is 14.3 Å². The van der Waals surface area contributed by atoms with Crippen molar-refractivity contribution in [1.29, 1.82) is 0 Å². The van der Waals surface area contributed by atoms with Crippen LogP contribution in [0.25, 0.3) is 0 Å². The fraction of sp³-hybridized carbons (Fsp3) is 0.875. The summed E-state index contributed by atoms with van der Waals surface area (Å²) in [7, 11) is 1.45. The number of aliphatic imine (C=N–C) groups is 1. The third kappa shape index (κ3) is 5.83. The Morgan fingerprint density at radius 3 is 2.73 bits per heavy atom. The third-order valence-corrected chi connectivity index (χ3v) is 3.70. The van der Waals surface area contributed by atoms with Gasteiger partial charge in [-0.1, -0.05) is 20.8 Å². The molecule has 1 rings (SSSR count). The minimum atomic E-state index is -0.133. The first-order valence-electron chi connectivity index (χ1n) is 8.18. The van der Waals surface area contributed by atoms with Crippen molar-refractivity contribution in [2.75, 3.05) is 46.5 Å². The van der Waals surface area contributed by atoms with Crippen LogP contribution in [-0.4, -0.2) is 63.3 Å². The molecule has 0 aromatic heterocycles. The lowest BCUT2D eigenvalue weighted by molar-refractivity contribution is -0.145. The molecule has 22 heavy (non-hydrogen) atoms. The summed E-state index contributed by atoms with van der Waals surface area (Å²) >= 11 is 0. The van der Waals surface area contributed by atoms with Gasteiger partial charge in [0.1, 0.15) is 0 Å². The van der Waals surface area contributed by atoms with Crippen molar-refractivity contribution in [3.63, 3.8) is 0 Å². The lowest BCUT2D eigenvalue weighted by Crippen LogP contribution is -2.40. The molecule has 0 saturated carbocycles. The summed E-state index contributed by atoms with van der Waals surface area (Å²) in [4.78, 5) is 18.5. The quantitative estimate of drug-likeness (QED) is 0.333. The lowest BCUT2D eigenvalue weighted by atomic mass is 9.99. The number of hydrogen-bond donors (Lipinski definition) is 1. The Kier molecular flexibility index (Phi) is 8.24. The number of rotatable bonds is 7. The van der Waals surface area contributed by atoms with Gasteiger partial charge in [-0.3, -0.25) is 9.79 Å². The maximum atomic E-state index is 11.8. The van der Waals surface area contributed by atoms with E-state index in [1.165, 1.54) is 7.11 Å². The van der Waals surface area contributed by atoms with Crippen LogP contribution in [0.1, 0.15) is 27.7 Å². The second-order valence-electron chi connectivity index (χ2n) is 6.22. The molecule has 0 bridgehead atoms. The number of guanidine groups is 1. The van der Waals surface area contributed by atoms with Crippen LogP contribution >= 0.6 is 0 Å². The minimum Gasteiger partial charge on any atom is -0.469 e. The largest absolute Gasteiger partial charge is 0.469 e. The summed E-state index contributed by atoms with van der Waals surface area (Å²) < 4.78 is 10.4. The summed E-state index contributed by atoms with van der Waals surface area (Å²) in [5, 5.41) is 3.29. The molecule has 6 heteroatoms. The molecule has 0 spiro atoms. The van der Waals surface area contributed by atoms with Gasteiger partial charge in [0.15, 0.2) is 5.96 Å². The lowest BCUT2D eigenvalue weighted by Gasteiger charge is -2.21. The Morgan fingerprint density at radius 2 is 2.14 bits per heavy atom. The van der Waals surface area contributed by atoms with Crippen molar-refractivity contribution in [2.45, 2.75) is 27.7 Å². The van der Waals surface area contributed by atoms with Crippen LogP contribution in [0, 0.1) is 17.8 Å². The highest BCUT2D eigenvalue weighted by molar-refractivity contribution is 5.82. The Morgan fingerprint density at radius 1 is 1.41 bits per heavy atom. The van der Waals surface area contributed by atoms with Crippen molar-refractivity contribution in [1.82, 2.24) is 10.2 Å². The van der Waals surface area contributed by atoms with Crippen molar-refractivity contribution in [3.05, 3.63) is 0 Å². The molecular formula is C16H31N3O3. The van der Waals surface area contributed by atoms with Gasteiger partial charge in [-0.2, -0.15) is 0 Å². The molecule has 0 radical (unpaired) electrons. The molecule has 0 aromatic carbocycles. The van der Waals surface area contributed by atoms with Gasteiger partial charge in [0.25, 0.3) is 0 Å². The minimum absolute atomic E-state index is 0.0777. The fourth-order valence-corrected chi connectivity index (χ4v) is 2.56. The molecule has 1 saturated heterocycles.